The maximum absolute atomic E-state index is 12.7. The molecule has 3 rings (SSSR count). The van der Waals surface area contributed by atoms with Crippen LogP contribution >= 0.6 is 11.6 Å². The van der Waals surface area contributed by atoms with Gasteiger partial charge in [0.15, 0.2) is 11.5 Å². The Morgan fingerprint density at radius 2 is 1.75 bits per heavy atom. The van der Waals surface area contributed by atoms with Crippen LogP contribution in [-0.2, 0) is 6.18 Å². The Morgan fingerprint density at radius 3 is 2.42 bits per heavy atom. The van der Waals surface area contributed by atoms with E-state index < -0.39 is 22.7 Å². The SMILES string of the molecule is O=C(Nc1ccc(C(F)(F)F)c(Cl)c1)c1ccc2c(c1)OCCO2. The third kappa shape index (κ3) is 3.41. The Morgan fingerprint density at radius 1 is 1.04 bits per heavy atom. The maximum Gasteiger partial charge on any atom is 0.417 e. The van der Waals surface area contributed by atoms with E-state index in [1.54, 1.807) is 6.07 Å². The number of halogens is 4. The molecule has 2 aromatic rings. The lowest BCUT2D eigenvalue weighted by Crippen LogP contribution is -2.17. The van der Waals surface area contributed by atoms with Gasteiger partial charge in [0, 0.05) is 11.3 Å². The first-order chi connectivity index (χ1) is 11.3. The number of fused-ring (bicyclic) bond motifs is 1. The van der Waals surface area contributed by atoms with Crippen LogP contribution in [0.1, 0.15) is 15.9 Å². The summed E-state index contributed by atoms with van der Waals surface area (Å²) in [6, 6.07) is 7.67. The minimum Gasteiger partial charge on any atom is -0.486 e. The molecule has 1 aliphatic rings. The largest absolute Gasteiger partial charge is 0.486 e. The number of alkyl halides is 3. The number of carbonyl (C=O) groups excluding carboxylic acids is 1. The number of hydrogen-bond donors (Lipinski definition) is 1. The van der Waals surface area contributed by atoms with E-state index in [0.717, 1.165) is 18.2 Å². The van der Waals surface area contributed by atoms with Crippen LogP contribution in [0.4, 0.5) is 18.9 Å². The highest BCUT2D eigenvalue weighted by Crippen LogP contribution is 2.36. The molecule has 0 aromatic heterocycles. The molecule has 126 valence electrons. The molecule has 4 nitrogen and oxygen atoms in total. The summed E-state index contributed by atoms with van der Waals surface area (Å²) in [4.78, 5) is 12.2. The van der Waals surface area contributed by atoms with E-state index in [2.05, 4.69) is 5.32 Å². The molecule has 2 aromatic carbocycles. The molecular weight excluding hydrogens is 347 g/mol. The van der Waals surface area contributed by atoms with Crippen molar-refractivity contribution in [3.05, 3.63) is 52.5 Å². The average Bonchev–Trinajstić information content (AvgIpc) is 2.53. The quantitative estimate of drug-likeness (QED) is 0.867. The normalized spacial score (nSPS) is 13.5. The summed E-state index contributed by atoms with van der Waals surface area (Å²) in [6.45, 7) is 0.815. The number of rotatable bonds is 2. The van der Waals surface area contributed by atoms with Crippen LogP contribution in [0.15, 0.2) is 36.4 Å². The van der Waals surface area contributed by atoms with Gasteiger partial charge in [-0.3, -0.25) is 4.79 Å². The van der Waals surface area contributed by atoms with Gasteiger partial charge in [0.05, 0.1) is 10.6 Å². The standard InChI is InChI=1S/C16H11ClF3NO3/c17-12-8-10(2-3-11(12)16(18,19)20)21-15(22)9-1-4-13-14(7-9)24-6-5-23-13/h1-4,7-8H,5-6H2,(H,21,22). The molecule has 0 radical (unpaired) electrons. The minimum absolute atomic E-state index is 0.160. The van der Waals surface area contributed by atoms with E-state index >= 15 is 0 Å². The van der Waals surface area contributed by atoms with Crippen molar-refractivity contribution >= 4 is 23.2 Å². The second-order valence-electron chi connectivity index (χ2n) is 5.00. The highest BCUT2D eigenvalue weighted by Gasteiger charge is 2.33. The smallest absolute Gasteiger partial charge is 0.417 e. The predicted molar refractivity (Wildman–Crippen MR) is 81.8 cm³/mol. The summed E-state index contributed by atoms with van der Waals surface area (Å²) < 4.78 is 48.8. The maximum atomic E-state index is 12.7. The predicted octanol–water partition coefficient (Wildman–Crippen LogP) is 4.38. The molecule has 1 amide bonds. The first-order valence-electron chi connectivity index (χ1n) is 6.92. The van der Waals surface area contributed by atoms with Crippen LogP contribution in [0.3, 0.4) is 0 Å². The van der Waals surface area contributed by atoms with Gasteiger partial charge in [-0.2, -0.15) is 13.2 Å². The molecule has 24 heavy (non-hydrogen) atoms. The second-order valence-corrected chi connectivity index (χ2v) is 5.41. The molecule has 0 fully saturated rings. The van der Waals surface area contributed by atoms with Crippen molar-refractivity contribution in [1.82, 2.24) is 0 Å². The van der Waals surface area contributed by atoms with Crippen molar-refractivity contribution in [2.45, 2.75) is 6.18 Å². The molecule has 0 atom stereocenters. The minimum atomic E-state index is -4.55. The second kappa shape index (κ2) is 6.24. The number of carbonyl (C=O) groups is 1. The van der Waals surface area contributed by atoms with E-state index in [-0.39, 0.29) is 11.3 Å². The van der Waals surface area contributed by atoms with Crippen LogP contribution in [0.2, 0.25) is 5.02 Å². The summed E-state index contributed by atoms with van der Waals surface area (Å²) in [5.41, 5.74) is -0.510. The zero-order valence-corrected chi connectivity index (χ0v) is 12.9. The fraction of sp³-hybridized carbons (Fsp3) is 0.188. The summed E-state index contributed by atoms with van der Waals surface area (Å²) >= 11 is 5.63. The van der Waals surface area contributed by atoms with E-state index in [4.69, 9.17) is 21.1 Å². The molecular formula is C16H11ClF3NO3. The number of benzene rings is 2. The molecule has 8 heteroatoms. The molecule has 1 heterocycles. The molecule has 1 aliphatic heterocycles. The molecule has 0 unspecified atom stereocenters. The Hall–Kier alpha value is -2.41. The lowest BCUT2D eigenvalue weighted by Gasteiger charge is -2.18. The van der Waals surface area contributed by atoms with E-state index in [0.29, 0.717) is 24.7 Å². The van der Waals surface area contributed by atoms with Gasteiger partial charge in [-0.1, -0.05) is 11.6 Å². The zero-order valence-electron chi connectivity index (χ0n) is 12.1. The van der Waals surface area contributed by atoms with Crippen molar-refractivity contribution in [3.8, 4) is 11.5 Å². The first kappa shape index (κ1) is 16.4. The van der Waals surface area contributed by atoms with E-state index in [1.807, 2.05) is 0 Å². The molecule has 0 saturated heterocycles. The first-order valence-corrected chi connectivity index (χ1v) is 7.30. The lowest BCUT2D eigenvalue weighted by molar-refractivity contribution is -0.137. The van der Waals surface area contributed by atoms with Gasteiger partial charge in [0.1, 0.15) is 13.2 Å². The fourth-order valence-corrected chi connectivity index (χ4v) is 2.50. The summed E-state index contributed by atoms with van der Waals surface area (Å²) in [5, 5.41) is 2.01. The van der Waals surface area contributed by atoms with Crippen LogP contribution in [0.25, 0.3) is 0 Å². The molecule has 0 saturated carbocycles. The average molecular weight is 358 g/mol. The zero-order chi connectivity index (χ0) is 17.3. The highest BCUT2D eigenvalue weighted by molar-refractivity contribution is 6.31. The van der Waals surface area contributed by atoms with Gasteiger partial charge in [0.2, 0.25) is 0 Å². The van der Waals surface area contributed by atoms with Crippen LogP contribution in [0, 0.1) is 0 Å². The number of amides is 1. The topological polar surface area (TPSA) is 47.6 Å². The summed E-state index contributed by atoms with van der Waals surface area (Å²) in [5.74, 6) is 0.484. The van der Waals surface area contributed by atoms with Gasteiger partial charge in [-0.05, 0) is 36.4 Å². The summed E-state index contributed by atoms with van der Waals surface area (Å²) in [6.07, 6.45) is -4.55. The van der Waals surface area contributed by atoms with Crippen molar-refractivity contribution in [2.75, 3.05) is 18.5 Å². The van der Waals surface area contributed by atoms with Gasteiger partial charge in [0.25, 0.3) is 5.91 Å². The van der Waals surface area contributed by atoms with Crippen molar-refractivity contribution in [1.29, 1.82) is 0 Å². The van der Waals surface area contributed by atoms with Crippen LogP contribution in [0.5, 0.6) is 11.5 Å². The van der Waals surface area contributed by atoms with Gasteiger partial charge in [-0.25, -0.2) is 0 Å². The lowest BCUT2D eigenvalue weighted by atomic mass is 10.1. The monoisotopic (exact) mass is 357 g/mol. The Bertz CT molecular complexity index is 793. The van der Waals surface area contributed by atoms with E-state index in [1.165, 1.54) is 12.1 Å². The third-order valence-corrected chi connectivity index (χ3v) is 3.65. The fourth-order valence-electron chi connectivity index (χ4n) is 2.21. The molecule has 0 bridgehead atoms. The Labute approximate surface area is 140 Å². The van der Waals surface area contributed by atoms with Gasteiger partial charge in [-0.15, -0.1) is 0 Å². The molecule has 1 N–H and O–H groups in total. The molecule has 0 spiro atoms. The van der Waals surface area contributed by atoms with Crippen molar-refractivity contribution in [2.24, 2.45) is 0 Å². The number of nitrogens with one attached hydrogen (secondary N) is 1. The summed E-state index contributed by atoms with van der Waals surface area (Å²) in [7, 11) is 0. The highest BCUT2D eigenvalue weighted by atomic mass is 35.5. The van der Waals surface area contributed by atoms with Gasteiger partial charge < -0.3 is 14.8 Å². The molecule has 0 aliphatic carbocycles. The van der Waals surface area contributed by atoms with Crippen molar-refractivity contribution in [3.63, 3.8) is 0 Å². The Balaban J connectivity index is 1.79. The number of ether oxygens (including phenoxy) is 2. The Kier molecular flexibility index (Phi) is 4.28. The van der Waals surface area contributed by atoms with E-state index in [9.17, 15) is 18.0 Å². The number of anilines is 1. The van der Waals surface area contributed by atoms with Crippen molar-refractivity contribution < 1.29 is 27.4 Å². The van der Waals surface area contributed by atoms with Crippen LogP contribution < -0.4 is 14.8 Å². The third-order valence-electron chi connectivity index (χ3n) is 3.34. The van der Waals surface area contributed by atoms with Crippen LogP contribution in [-0.4, -0.2) is 19.1 Å². The van der Waals surface area contributed by atoms with Gasteiger partial charge >= 0.3 is 6.18 Å². The number of hydrogen-bond acceptors (Lipinski definition) is 3.